The van der Waals surface area contributed by atoms with Gasteiger partial charge < -0.3 is 29.1 Å². The summed E-state index contributed by atoms with van der Waals surface area (Å²) in [6.07, 6.45) is 0. The van der Waals surface area contributed by atoms with Crippen molar-refractivity contribution in [2.75, 3.05) is 62.0 Å². The summed E-state index contributed by atoms with van der Waals surface area (Å²) in [4.78, 5) is 8.75. The molecule has 0 aliphatic rings. The van der Waals surface area contributed by atoms with Gasteiger partial charge in [0.15, 0.2) is 0 Å². The van der Waals surface area contributed by atoms with Crippen LogP contribution in [0.5, 0.6) is 11.5 Å². The number of anilines is 8. The molecule has 0 bridgehead atoms. The van der Waals surface area contributed by atoms with Crippen LogP contribution in [0.4, 0.5) is 45.5 Å². The van der Waals surface area contributed by atoms with E-state index in [2.05, 4.69) is 169 Å². The van der Waals surface area contributed by atoms with Crippen molar-refractivity contribution in [3.05, 3.63) is 146 Å². The number of benzene rings is 6. The lowest BCUT2D eigenvalue weighted by Gasteiger charge is -2.27. The number of nitrogens with zero attached hydrogens (tertiary/aromatic N) is 4. The second-order valence-corrected chi connectivity index (χ2v) is 12.0. The number of ether oxygens (including phenoxy) is 2. The molecule has 6 nitrogen and oxygen atoms in total. The predicted octanol–water partition coefficient (Wildman–Crippen LogP) is 10.4. The van der Waals surface area contributed by atoms with Crippen molar-refractivity contribution in [1.82, 2.24) is 0 Å². The van der Waals surface area contributed by atoms with Gasteiger partial charge in [-0.25, -0.2) is 0 Å². The molecule has 6 aromatic rings. The molecule has 0 spiro atoms. The molecule has 0 radical (unpaired) electrons. The first kappa shape index (κ1) is 32.1. The van der Waals surface area contributed by atoms with E-state index in [1.165, 1.54) is 0 Å². The van der Waals surface area contributed by atoms with Gasteiger partial charge in [0.05, 0.1) is 14.2 Å². The SMILES string of the molecule is COc1ccc(N(c2ccc(-c3ccc(N(c4ccc(OC)cc4)c4ccc(N(C)C)cc4)cc3)cc2)c2ccc(N(C)C)cc2)cc1. The first-order valence-corrected chi connectivity index (χ1v) is 16.0. The zero-order chi connectivity index (χ0) is 33.6. The highest BCUT2D eigenvalue weighted by Gasteiger charge is 2.16. The Hall–Kier alpha value is -5.88. The zero-order valence-electron chi connectivity index (χ0n) is 28.5. The molecule has 0 fully saturated rings. The molecule has 0 atom stereocenters. The average Bonchev–Trinajstić information content (AvgIpc) is 3.13. The fraction of sp³-hybridized carbons (Fsp3) is 0.143. The van der Waals surface area contributed by atoms with Gasteiger partial charge in [-0.1, -0.05) is 24.3 Å². The van der Waals surface area contributed by atoms with E-state index in [0.29, 0.717) is 0 Å². The Labute approximate surface area is 284 Å². The first-order valence-electron chi connectivity index (χ1n) is 16.0. The van der Waals surface area contributed by atoms with Crippen molar-refractivity contribution in [1.29, 1.82) is 0 Å². The summed E-state index contributed by atoms with van der Waals surface area (Å²) in [6.45, 7) is 0. The normalized spacial score (nSPS) is 10.7. The van der Waals surface area contributed by atoms with Crippen molar-refractivity contribution in [2.24, 2.45) is 0 Å². The molecule has 0 aromatic heterocycles. The summed E-state index contributed by atoms with van der Waals surface area (Å²) in [5.74, 6) is 1.66. The topological polar surface area (TPSA) is 31.4 Å². The Balaban J connectivity index is 1.31. The average molecular weight is 635 g/mol. The highest BCUT2D eigenvalue weighted by atomic mass is 16.5. The molecular weight excluding hydrogens is 592 g/mol. The quantitative estimate of drug-likeness (QED) is 0.141. The maximum Gasteiger partial charge on any atom is 0.119 e. The number of hydrogen-bond donors (Lipinski definition) is 0. The van der Waals surface area contributed by atoms with Gasteiger partial charge >= 0.3 is 0 Å². The maximum absolute atomic E-state index is 5.43. The predicted molar refractivity (Wildman–Crippen MR) is 203 cm³/mol. The zero-order valence-corrected chi connectivity index (χ0v) is 28.5. The summed E-state index contributed by atoms with van der Waals surface area (Å²) in [6, 6.07) is 51.1. The third-order valence-corrected chi connectivity index (χ3v) is 8.49. The van der Waals surface area contributed by atoms with E-state index in [1.807, 2.05) is 24.3 Å². The van der Waals surface area contributed by atoms with E-state index in [9.17, 15) is 0 Å². The standard InChI is InChI=1S/C42H42N4O2/c1-43(2)33-15-19-37(20-16-33)45(39-23-27-41(47-5)28-24-39)35-11-7-31(8-12-35)32-9-13-36(14-10-32)46(40-25-29-42(48-6)30-26-40)38-21-17-34(18-22-38)44(3)4/h7-30H,1-6H3. The summed E-state index contributed by atoms with van der Waals surface area (Å²) in [7, 11) is 11.6. The lowest BCUT2D eigenvalue weighted by Crippen LogP contribution is -2.12. The van der Waals surface area contributed by atoms with Crippen molar-refractivity contribution in [2.45, 2.75) is 0 Å². The van der Waals surface area contributed by atoms with Crippen LogP contribution in [0.15, 0.2) is 146 Å². The molecule has 0 aliphatic carbocycles. The van der Waals surface area contributed by atoms with Gasteiger partial charge in [0.1, 0.15) is 11.5 Å². The summed E-state index contributed by atoms with van der Waals surface area (Å²) in [5, 5.41) is 0. The van der Waals surface area contributed by atoms with Crippen LogP contribution in [0.25, 0.3) is 11.1 Å². The van der Waals surface area contributed by atoms with Crippen molar-refractivity contribution in [3.8, 4) is 22.6 Å². The van der Waals surface area contributed by atoms with E-state index in [1.54, 1.807) is 14.2 Å². The molecule has 0 aliphatic heterocycles. The molecule has 242 valence electrons. The molecule has 0 amide bonds. The number of methoxy groups -OCH3 is 2. The summed E-state index contributed by atoms with van der Waals surface area (Å²) < 4.78 is 10.9. The fourth-order valence-corrected chi connectivity index (χ4v) is 5.76. The summed E-state index contributed by atoms with van der Waals surface area (Å²) >= 11 is 0. The molecule has 6 aromatic carbocycles. The molecule has 6 heteroatoms. The minimum absolute atomic E-state index is 0.830. The van der Waals surface area contributed by atoms with Gasteiger partial charge in [-0.05, 0) is 132 Å². The minimum atomic E-state index is 0.830. The van der Waals surface area contributed by atoms with Crippen molar-refractivity contribution in [3.63, 3.8) is 0 Å². The molecule has 0 unspecified atom stereocenters. The lowest BCUT2D eigenvalue weighted by molar-refractivity contribution is 0.414. The van der Waals surface area contributed by atoms with E-state index in [4.69, 9.17) is 9.47 Å². The van der Waals surface area contributed by atoms with E-state index < -0.39 is 0 Å². The number of hydrogen-bond acceptors (Lipinski definition) is 6. The second-order valence-electron chi connectivity index (χ2n) is 12.0. The molecule has 0 N–H and O–H groups in total. The van der Waals surface area contributed by atoms with Crippen LogP contribution in [0, 0.1) is 0 Å². The smallest absolute Gasteiger partial charge is 0.119 e. The van der Waals surface area contributed by atoms with Gasteiger partial charge in [0, 0.05) is 73.7 Å². The van der Waals surface area contributed by atoms with Gasteiger partial charge in [0.25, 0.3) is 0 Å². The van der Waals surface area contributed by atoms with Crippen LogP contribution in [0.2, 0.25) is 0 Å². The minimum Gasteiger partial charge on any atom is -0.497 e. The van der Waals surface area contributed by atoms with Crippen molar-refractivity contribution < 1.29 is 9.47 Å². The van der Waals surface area contributed by atoms with Crippen LogP contribution in [-0.4, -0.2) is 42.4 Å². The number of rotatable bonds is 11. The Morgan fingerprint density at radius 2 is 0.500 bits per heavy atom. The highest BCUT2D eigenvalue weighted by Crippen LogP contribution is 2.39. The third-order valence-electron chi connectivity index (χ3n) is 8.49. The van der Waals surface area contributed by atoms with Crippen LogP contribution in [-0.2, 0) is 0 Å². The van der Waals surface area contributed by atoms with Crippen LogP contribution < -0.4 is 29.1 Å². The Morgan fingerprint density at radius 3 is 0.729 bits per heavy atom. The van der Waals surface area contributed by atoms with Gasteiger partial charge in [0.2, 0.25) is 0 Å². The Morgan fingerprint density at radius 1 is 0.292 bits per heavy atom. The highest BCUT2D eigenvalue weighted by molar-refractivity contribution is 5.81. The molecule has 0 saturated heterocycles. The fourth-order valence-electron chi connectivity index (χ4n) is 5.76. The first-order chi connectivity index (χ1) is 23.3. The van der Waals surface area contributed by atoms with Gasteiger partial charge in [-0.15, -0.1) is 0 Å². The van der Waals surface area contributed by atoms with Crippen LogP contribution in [0.1, 0.15) is 0 Å². The summed E-state index contributed by atoms with van der Waals surface area (Å²) in [5.41, 5.74) is 11.0. The van der Waals surface area contributed by atoms with Crippen LogP contribution >= 0.6 is 0 Å². The molecule has 0 heterocycles. The van der Waals surface area contributed by atoms with Crippen LogP contribution in [0.3, 0.4) is 0 Å². The maximum atomic E-state index is 5.43. The van der Waals surface area contributed by atoms with E-state index in [0.717, 1.165) is 68.1 Å². The largest absolute Gasteiger partial charge is 0.497 e. The third kappa shape index (κ3) is 6.93. The monoisotopic (exact) mass is 634 g/mol. The molecule has 6 rings (SSSR count). The van der Waals surface area contributed by atoms with Gasteiger partial charge in [-0.2, -0.15) is 0 Å². The molecule has 0 saturated carbocycles. The van der Waals surface area contributed by atoms with Gasteiger partial charge in [-0.3, -0.25) is 0 Å². The Bertz CT molecular complexity index is 1760. The lowest BCUT2D eigenvalue weighted by atomic mass is 10.0. The molecular formula is C42H42N4O2. The second kappa shape index (κ2) is 14.3. The van der Waals surface area contributed by atoms with E-state index in [-0.39, 0.29) is 0 Å². The van der Waals surface area contributed by atoms with E-state index >= 15 is 0 Å². The Kier molecular flexibility index (Phi) is 9.53. The van der Waals surface area contributed by atoms with Crippen molar-refractivity contribution >= 4 is 45.5 Å². The molecule has 48 heavy (non-hydrogen) atoms.